The first kappa shape index (κ1) is 47.2. The van der Waals surface area contributed by atoms with Gasteiger partial charge in [-0.2, -0.15) is 10.5 Å². The highest BCUT2D eigenvalue weighted by molar-refractivity contribution is 6.06. The van der Waals surface area contributed by atoms with Crippen molar-refractivity contribution in [1.29, 1.82) is 10.5 Å². The molecule has 0 bridgehead atoms. The van der Waals surface area contributed by atoms with Crippen LogP contribution in [0, 0.1) is 67.1 Å². The molecule has 4 rings (SSSR count). The number of carbonyl (C=O) groups excluding carboxylic acids is 3. The number of amides is 3. The van der Waals surface area contributed by atoms with E-state index in [1.54, 1.807) is 49.4 Å². The largest absolute Gasteiger partial charge is 0.375 e. The summed E-state index contributed by atoms with van der Waals surface area (Å²) in [7, 11) is 3.50. The van der Waals surface area contributed by atoms with Crippen molar-refractivity contribution >= 4 is 29.6 Å². The van der Waals surface area contributed by atoms with E-state index in [9.17, 15) is 24.9 Å². The average Bonchev–Trinajstić information content (AvgIpc) is 3.52. The zero-order valence-electron chi connectivity index (χ0n) is 36.7. The molecule has 0 aromatic heterocycles. The Balaban J connectivity index is 1.62. The molecule has 1 aliphatic heterocycles. The first-order chi connectivity index (χ1) is 29.2. The average molecular weight is 821 g/mol. The van der Waals surface area contributed by atoms with Crippen molar-refractivity contribution < 1.29 is 14.4 Å². The Hall–Kier alpha value is -6.49. The molecule has 3 amide bonds. The quantitative estimate of drug-likeness (QED) is 0.0594. The monoisotopic (exact) mass is 820 g/mol. The molecule has 5 atom stereocenters. The lowest BCUT2D eigenvalue weighted by atomic mass is 9.85. The van der Waals surface area contributed by atoms with Gasteiger partial charge in [-0.3, -0.25) is 14.5 Å². The van der Waals surface area contributed by atoms with E-state index in [2.05, 4.69) is 64.8 Å². The molecule has 1 aliphatic carbocycles. The summed E-state index contributed by atoms with van der Waals surface area (Å²) in [4.78, 5) is 47.8. The van der Waals surface area contributed by atoms with Gasteiger partial charge >= 0.3 is 6.03 Å². The minimum atomic E-state index is -0.461. The molecule has 1 unspecified atom stereocenters. The Labute approximate surface area is 362 Å². The number of anilines is 2. The van der Waals surface area contributed by atoms with Crippen molar-refractivity contribution in [2.45, 2.75) is 47.1 Å². The standard InChI is InChI=1S/C50H60N8O3/c1-10-14-42(18-11-16-36(3)27-51)46(39(6)55(9)50(61)58(34-59)44-20-12-15-35(2)24-44)29-54-33-56-30-47(43-19-13-17-41(28-52)21-22-43)48(31-56)49(60)32-57(40(7)53-8)45-25-37(4)23-38(5)26-45/h10-16,19-26,34,36,39,46-48,53-54H,1,7,18,29-33H2,2-6,8-9H3/b16-11-,42-14+/t36?,39-,46-,47-,48-/m0/s1. The summed E-state index contributed by atoms with van der Waals surface area (Å²) >= 11 is 0. The van der Waals surface area contributed by atoms with Crippen molar-refractivity contribution in [3.05, 3.63) is 149 Å². The summed E-state index contributed by atoms with van der Waals surface area (Å²) in [6.07, 6.45) is 15.9. The number of aryl methyl sites for hydroxylation is 3. The maximum Gasteiger partial charge on any atom is 0.331 e. The van der Waals surface area contributed by atoms with E-state index in [1.165, 1.54) is 0 Å². The van der Waals surface area contributed by atoms with Crippen molar-refractivity contribution in [2.24, 2.45) is 23.7 Å². The van der Waals surface area contributed by atoms with Crippen LogP contribution in [0.2, 0.25) is 0 Å². The Morgan fingerprint density at radius 2 is 1.77 bits per heavy atom. The summed E-state index contributed by atoms with van der Waals surface area (Å²) in [5.41, 5.74) is 9.83. The van der Waals surface area contributed by atoms with Gasteiger partial charge in [0.15, 0.2) is 5.78 Å². The van der Waals surface area contributed by atoms with Gasteiger partial charge in [-0.15, -0.1) is 5.73 Å². The molecule has 2 N–H and O–H groups in total. The molecule has 61 heavy (non-hydrogen) atoms. The van der Waals surface area contributed by atoms with E-state index in [4.69, 9.17) is 0 Å². The molecule has 1 fully saturated rings. The third kappa shape index (κ3) is 12.8. The second-order valence-corrected chi connectivity index (χ2v) is 15.9. The number of allylic oxidation sites excluding steroid dienone is 8. The number of nitrogens with one attached hydrogen (secondary N) is 2. The highest BCUT2D eigenvalue weighted by atomic mass is 16.2. The van der Waals surface area contributed by atoms with Crippen LogP contribution in [-0.4, -0.2) is 81.0 Å². The molecule has 0 radical (unpaired) electrons. The Kier molecular flexibility index (Phi) is 17.6. The number of urea groups is 1. The zero-order valence-corrected chi connectivity index (χ0v) is 36.7. The summed E-state index contributed by atoms with van der Waals surface area (Å²) in [6.45, 7) is 20.1. The normalized spacial score (nSPS) is 17.8. The van der Waals surface area contributed by atoms with Crippen LogP contribution in [-0.2, 0) is 9.59 Å². The van der Waals surface area contributed by atoms with E-state index in [0.29, 0.717) is 56.2 Å². The third-order valence-electron chi connectivity index (χ3n) is 11.3. The lowest BCUT2D eigenvalue weighted by Crippen LogP contribution is -2.50. The predicted molar refractivity (Wildman–Crippen MR) is 245 cm³/mol. The molecule has 2 aromatic carbocycles. The topological polar surface area (TPSA) is 136 Å². The van der Waals surface area contributed by atoms with E-state index < -0.39 is 6.03 Å². The predicted octanol–water partition coefficient (Wildman–Crippen LogP) is 7.81. The smallest absolute Gasteiger partial charge is 0.331 e. The van der Waals surface area contributed by atoms with Crippen molar-refractivity contribution in [1.82, 2.24) is 20.4 Å². The van der Waals surface area contributed by atoms with Gasteiger partial charge in [0, 0.05) is 69.9 Å². The molecule has 318 valence electrons. The highest BCUT2D eigenvalue weighted by Gasteiger charge is 2.40. The SMILES string of the molecule is C=C/C=C(\C/C=C\C(C)C#N)[C@@H](CNCN1C[C@H](C(=O)CN(C(=C)NC)c2cc(C)cc(C)c2)[C@H](C2=CC=C=C(C#N)C=C2)C1)[C@H](C)N(C)C(=O)N(C=O)c1cccc(C)c1. The Morgan fingerprint density at radius 1 is 1.05 bits per heavy atom. The second-order valence-electron chi connectivity index (χ2n) is 15.9. The van der Waals surface area contributed by atoms with E-state index >= 15 is 0 Å². The molecule has 11 nitrogen and oxygen atoms in total. The van der Waals surface area contributed by atoms with Crippen LogP contribution < -0.4 is 20.4 Å². The number of likely N-dealkylation sites (tertiary alicyclic amines) is 1. The van der Waals surface area contributed by atoms with Gasteiger partial charge in [0.25, 0.3) is 0 Å². The molecule has 2 aliphatic rings. The van der Waals surface area contributed by atoms with Crippen LogP contribution in [0.4, 0.5) is 16.2 Å². The molecular weight excluding hydrogens is 761 g/mol. The number of ketones is 1. The summed E-state index contributed by atoms with van der Waals surface area (Å²) in [5, 5.41) is 25.8. The summed E-state index contributed by atoms with van der Waals surface area (Å²) in [5.74, 6) is -0.353. The molecule has 0 spiro atoms. The first-order valence-corrected chi connectivity index (χ1v) is 20.6. The van der Waals surface area contributed by atoms with E-state index in [-0.39, 0.29) is 42.0 Å². The van der Waals surface area contributed by atoms with Crippen LogP contribution in [0.3, 0.4) is 0 Å². The van der Waals surface area contributed by atoms with Crippen LogP contribution in [0.15, 0.2) is 133 Å². The van der Waals surface area contributed by atoms with E-state index in [0.717, 1.165) is 38.4 Å². The number of Topliss-reactive ketones (excluding diaryl/α,β-unsaturated/α-hetero) is 1. The van der Waals surface area contributed by atoms with Crippen molar-refractivity contribution in [2.75, 3.05) is 56.7 Å². The van der Waals surface area contributed by atoms with Crippen molar-refractivity contribution in [3.8, 4) is 12.1 Å². The van der Waals surface area contributed by atoms with Gasteiger partial charge in [0.2, 0.25) is 6.41 Å². The first-order valence-electron chi connectivity index (χ1n) is 20.6. The highest BCUT2D eigenvalue weighted by Crippen LogP contribution is 2.33. The maximum absolute atomic E-state index is 14.6. The lowest BCUT2D eigenvalue weighted by molar-refractivity contribution is -0.121. The van der Waals surface area contributed by atoms with Crippen LogP contribution in [0.5, 0.6) is 0 Å². The number of hydrogen-bond donors (Lipinski definition) is 2. The van der Waals surface area contributed by atoms with Crippen LogP contribution in [0.25, 0.3) is 0 Å². The number of hydrogen-bond acceptors (Lipinski definition) is 9. The molecule has 11 heteroatoms. The minimum Gasteiger partial charge on any atom is -0.375 e. The van der Waals surface area contributed by atoms with Gasteiger partial charge < -0.3 is 20.4 Å². The molecule has 2 aromatic rings. The minimum absolute atomic E-state index is 0.0635. The number of carbonyl (C=O) groups is 3. The number of nitrogens with zero attached hydrogens (tertiary/aromatic N) is 6. The fourth-order valence-electron chi connectivity index (χ4n) is 7.91. The lowest BCUT2D eigenvalue weighted by Gasteiger charge is -2.36. The molecular formula is C50H60N8O3. The van der Waals surface area contributed by atoms with Gasteiger partial charge in [-0.05, 0) is 99.7 Å². The number of rotatable bonds is 20. The van der Waals surface area contributed by atoms with E-state index in [1.807, 2.05) is 82.0 Å². The third-order valence-corrected chi connectivity index (χ3v) is 11.3. The number of nitriles is 2. The van der Waals surface area contributed by atoms with Crippen LogP contribution in [0.1, 0.15) is 37.0 Å². The number of benzene rings is 2. The zero-order chi connectivity index (χ0) is 44.6. The van der Waals surface area contributed by atoms with Gasteiger partial charge in [0.1, 0.15) is 6.07 Å². The maximum atomic E-state index is 14.6. The van der Waals surface area contributed by atoms with Gasteiger partial charge in [-0.25, -0.2) is 9.69 Å². The molecule has 0 saturated carbocycles. The Morgan fingerprint density at radius 3 is 2.41 bits per heavy atom. The van der Waals surface area contributed by atoms with Crippen molar-refractivity contribution in [3.63, 3.8) is 0 Å². The Bertz CT molecular complexity index is 2210. The van der Waals surface area contributed by atoms with Gasteiger partial charge in [-0.1, -0.05) is 73.4 Å². The molecule has 1 saturated heterocycles. The fourth-order valence-corrected chi connectivity index (χ4v) is 7.91. The fraction of sp³-hybridized carbons (Fsp3) is 0.360. The molecule has 1 heterocycles. The second kappa shape index (κ2) is 22.8. The number of imide groups is 1. The van der Waals surface area contributed by atoms with Gasteiger partial charge in [0.05, 0.1) is 35.6 Å². The summed E-state index contributed by atoms with van der Waals surface area (Å²) in [6, 6.07) is 17.0. The van der Waals surface area contributed by atoms with Crippen LogP contribution >= 0.6 is 0 Å². The summed E-state index contributed by atoms with van der Waals surface area (Å²) < 4.78 is 0.